The molecule has 4 aromatic rings. The van der Waals surface area contributed by atoms with Gasteiger partial charge in [-0.1, -0.05) is 30.3 Å². The third kappa shape index (κ3) is 6.77. The van der Waals surface area contributed by atoms with E-state index in [4.69, 9.17) is 29.0 Å². The summed E-state index contributed by atoms with van der Waals surface area (Å²) < 4.78 is 46.2. The van der Waals surface area contributed by atoms with Crippen LogP contribution < -0.4 is 27.6 Å². The monoisotopic (exact) mass is 690 g/mol. The first-order chi connectivity index (χ1) is 23.0. The predicted molar refractivity (Wildman–Crippen MR) is 167 cm³/mol. The molecule has 6 rings (SSSR count). The van der Waals surface area contributed by atoms with Crippen LogP contribution in [0.1, 0.15) is 30.0 Å². The number of H-pyrrole nitrogens is 2. The van der Waals surface area contributed by atoms with Crippen molar-refractivity contribution in [3.05, 3.63) is 85.2 Å². The Morgan fingerprint density at radius 2 is 1.90 bits per heavy atom. The molecule has 3 aromatic heterocycles. The number of imidazole rings is 1. The highest BCUT2D eigenvalue weighted by atomic mass is 31.2. The molecule has 0 amide bonds. The molecular formula is C28H35N8O11P. The Hall–Kier alpha value is -4.04. The van der Waals surface area contributed by atoms with E-state index in [0.717, 1.165) is 10.1 Å². The summed E-state index contributed by atoms with van der Waals surface area (Å²) >= 11 is 0. The SMILES string of the molecule is COC1C(O)[C@@H](COP(=O)(NCc2ccccc2)OC2C[C@H](n3cc(C)c(=O)[nH]c3=O)O[C@@H]2CO)O[C@H]1n1cnc2c(=O)[nH]c(N)nc21. The lowest BCUT2D eigenvalue weighted by Gasteiger charge is -2.26. The Morgan fingerprint density at radius 1 is 1.12 bits per heavy atom. The quantitative estimate of drug-likeness (QED) is 0.102. The summed E-state index contributed by atoms with van der Waals surface area (Å²) in [5, 5.41) is 24.1. The van der Waals surface area contributed by atoms with Crippen LogP contribution in [0.5, 0.6) is 0 Å². The zero-order valence-corrected chi connectivity index (χ0v) is 26.7. The lowest BCUT2D eigenvalue weighted by molar-refractivity contribution is -0.0600. The van der Waals surface area contributed by atoms with E-state index in [9.17, 15) is 29.2 Å². The smallest absolute Gasteiger partial charge is 0.394 e. The second-order valence-electron chi connectivity index (χ2n) is 11.3. The van der Waals surface area contributed by atoms with Crippen molar-refractivity contribution in [2.24, 2.45) is 0 Å². The summed E-state index contributed by atoms with van der Waals surface area (Å²) in [4.78, 5) is 49.5. The molecule has 1 aromatic carbocycles. The van der Waals surface area contributed by atoms with Crippen LogP contribution >= 0.6 is 7.75 Å². The first-order valence-electron chi connectivity index (χ1n) is 14.9. The molecule has 7 N–H and O–H groups in total. The number of aromatic amines is 2. The molecule has 2 aliphatic rings. The number of aryl methyl sites for hydroxylation is 1. The predicted octanol–water partition coefficient (Wildman–Crippen LogP) is -0.587. The van der Waals surface area contributed by atoms with E-state index in [1.165, 1.54) is 31.1 Å². The molecule has 0 spiro atoms. The molecule has 8 atom stereocenters. The number of aromatic nitrogens is 6. The number of aliphatic hydroxyl groups is 2. The van der Waals surface area contributed by atoms with Crippen LogP contribution in [0.25, 0.3) is 11.2 Å². The van der Waals surface area contributed by atoms with E-state index in [1.54, 1.807) is 24.3 Å². The van der Waals surface area contributed by atoms with Crippen LogP contribution in [-0.4, -0.2) is 90.1 Å². The van der Waals surface area contributed by atoms with Gasteiger partial charge in [0.25, 0.3) is 11.1 Å². The average Bonchev–Trinajstić information content (AvgIpc) is 3.76. The molecule has 2 fully saturated rings. The van der Waals surface area contributed by atoms with Gasteiger partial charge in [-0.05, 0) is 12.5 Å². The Morgan fingerprint density at radius 3 is 2.62 bits per heavy atom. The van der Waals surface area contributed by atoms with Crippen LogP contribution in [0.15, 0.2) is 57.2 Å². The summed E-state index contributed by atoms with van der Waals surface area (Å²) in [5.74, 6) is -0.149. The number of rotatable bonds is 12. The van der Waals surface area contributed by atoms with Crippen LogP contribution in [0, 0.1) is 6.92 Å². The number of nitrogen functional groups attached to an aromatic ring is 1. The van der Waals surface area contributed by atoms with E-state index in [2.05, 4.69) is 25.0 Å². The van der Waals surface area contributed by atoms with Gasteiger partial charge < -0.3 is 30.2 Å². The molecule has 0 bridgehead atoms. The van der Waals surface area contributed by atoms with Gasteiger partial charge in [0, 0.05) is 31.8 Å². The molecule has 20 heteroatoms. The molecule has 0 aliphatic carbocycles. The van der Waals surface area contributed by atoms with Crippen molar-refractivity contribution in [2.45, 2.75) is 62.9 Å². The molecule has 2 saturated heterocycles. The van der Waals surface area contributed by atoms with Crippen molar-refractivity contribution < 1.29 is 38.0 Å². The minimum absolute atomic E-state index is 0.00494. The summed E-state index contributed by atoms with van der Waals surface area (Å²) in [5.41, 5.74) is 5.00. The lowest BCUT2D eigenvalue weighted by atomic mass is 10.1. The van der Waals surface area contributed by atoms with E-state index in [1.807, 2.05) is 6.07 Å². The van der Waals surface area contributed by atoms with Gasteiger partial charge in [-0.2, -0.15) is 4.98 Å². The molecule has 258 valence electrons. The number of aliphatic hydroxyl groups excluding tert-OH is 2. The third-order valence-electron chi connectivity index (χ3n) is 8.13. The van der Waals surface area contributed by atoms with Gasteiger partial charge in [-0.25, -0.2) is 19.4 Å². The fourth-order valence-electron chi connectivity index (χ4n) is 5.66. The Kier molecular flexibility index (Phi) is 9.75. The maximum absolute atomic E-state index is 14.3. The number of benzene rings is 1. The largest absolute Gasteiger partial charge is 0.406 e. The Bertz CT molecular complexity index is 1980. The summed E-state index contributed by atoms with van der Waals surface area (Å²) in [6, 6.07) is 9.02. The van der Waals surface area contributed by atoms with E-state index in [0.29, 0.717) is 0 Å². The number of hydrogen-bond donors (Lipinski definition) is 6. The average molecular weight is 691 g/mol. The van der Waals surface area contributed by atoms with E-state index < -0.39 is 80.7 Å². The van der Waals surface area contributed by atoms with Gasteiger partial charge in [-0.3, -0.25) is 37.7 Å². The number of fused-ring (bicyclic) bond motifs is 1. The molecule has 4 unspecified atom stereocenters. The van der Waals surface area contributed by atoms with Gasteiger partial charge in [0.15, 0.2) is 17.4 Å². The molecular weight excluding hydrogens is 655 g/mol. The molecule has 0 saturated carbocycles. The summed E-state index contributed by atoms with van der Waals surface area (Å²) in [7, 11) is -2.92. The number of ether oxygens (including phenoxy) is 3. The minimum Gasteiger partial charge on any atom is -0.394 e. The number of anilines is 1. The highest BCUT2D eigenvalue weighted by Gasteiger charge is 2.48. The third-order valence-corrected chi connectivity index (χ3v) is 9.71. The second kappa shape index (κ2) is 13.8. The Labute approximate surface area is 271 Å². The Balaban J connectivity index is 1.22. The highest BCUT2D eigenvalue weighted by molar-refractivity contribution is 7.51. The minimum atomic E-state index is -4.28. The molecule has 48 heavy (non-hydrogen) atoms. The molecule has 19 nitrogen and oxygen atoms in total. The van der Waals surface area contributed by atoms with E-state index in [-0.39, 0.29) is 35.6 Å². The second-order valence-corrected chi connectivity index (χ2v) is 13.1. The zero-order chi connectivity index (χ0) is 34.2. The maximum Gasteiger partial charge on any atom is 0.406 e. The first-order valence-corrected chi connectivity index (χ1v) is 16.4. The van der Waals surface area contributed by atoms with Crippen molar-refractivity contribution in [2.75, 3.05) is 26.1 Å². The van der Waals surface area contributed by atoms with Gasteiger partial charge in [0.1, 0.15) is 36.7 Å². The number of nitrogens with zero attached hydrogens (tertiary/aromatic N) is 4. The zero-order valence-electron chi connectivity index (χ0n) is 25.8. The number of hydrogen-bond acceptors (Lipinski definition) is 14. The summed E-state index contributed by atoms with van der Waals surface area (Å²) in [6.45, 7) is 0.574. The molecule has 2 aliphatic heterocycles. The van der Waals surface area contributed by atoms with Crippen molar-refractivity contribution in [3.8, 4) is 0 Å². The highest BCUT2D eigenvalue weighted by Crippen LogP contribution is 2.49. The van der Waals surface area contributed by atoms with Gasteiger partial charge in [0.2, 0.25) is 5.95 Å². The summed E-state index contributed by atoms with van der Waals surface area (Å²) in [6.07, 6.45) is -4.85. The van der Waals surface area contributed by atoms with Crippen LogP contribution in [-0.2, 0) is 34.4 Å². The van der Waals surface area contributed by atoms with Crippen molar-refractivity contribution in [1.82, 2.24) is 34.2 Å². The van der Waals surface area contributed by atoms with E-state index >= 15 is 0 Å². The van der Waals surface area contributed by atoms with Crippen molar-refractivity contribution in [1.29, 1.82) is 0 Å². The normalized spacial score (nSPS) is 27.0. The number of nitrogens with two attached hydrogens (primary N) is 1. The number of nitrogens with one attached hydrogen (secondary N) is 3. The first kappa shape index (κ1) is 33.8. The maximum atomic E-state index is 14.3. The van der Waals surface area contributed by atoms with Crippen molar-refractivity contribution >= 4 is 24.9 Å². The molecule has 0 radical (unpaired) electrons. The fraction of sp³-hybridized carbons (Fsp3) is 0.464. The molecule has 5 heterocycles. The standard InChI is InChI=1S/C28H35N8O11P/c1-14-10-35(28(41)34-24(14)39)19-8-16(17(11-37)45-19)47-48(42,31-9-15-6-4-3-5-7-15)44-12-18-21(38)22(43-2)26(46-18)36-13-30-20-23(36)32-27(29)33-25(20)40/h3-7,10,13,16-19,21-22,26,37-38H,8-9,11-12H2,1-2H3,(H,31,42)(H,34,39,41)(H3,29,32,33,40)/t16?,17-,18-,19-,21?,22?,26-,48?/m1/s1. The van der Waals surface area contributed by atoms with Crippen LogP contribution in [0.3, 0.4) is 0 Å². The van der Waals surface area contributed by atoms with Crippen molar-refractivity contribution in [3.63, 3.8) is 0 Å². The van der Waals surface area contributed by atoms with Crippen LogP contribution in [0.4, 0.5) is 5.95 Å². The van der Waals surface area contributed by atoms with Gasteiger partial charge in [-0.15, -0.1) is 0 Å². The number of methoxy groups -OCH3 is 1. The lowest BCUT2D eigenvalue weighted by Crippen LogP contribution is -2.36. The van der Waals surface area contributed by atoms with Gasteiger partial charge >= 0.3 is 13.4 Å². The topological polar surface area (TPSA) is 260 Å². The van der Waals surface area contributed by atoms with Gasteiger partial charge in [0.05, 0.1) is 19.5 Å². The van der Waals surface area contributed by atoms with Crippen LogP contribution in [0.2, 0.25) is 0 Å². The fourth-order valence-corrected chi connectivity index (χ4v) is 7.18.